The highest BCUT2D eigenvalue weighted by Crippen LogP contribution is 2.40. The van der Waals surface area contributed by atoms with Gasteiger partial charge in [0.2, 0.25) is 11.8 Å². The summed E-state index contributed by atoms with van der Waals surface area (Å²) in [7, 11) is 0. The molecule has 2 aliphatic rings. The number of anilines is 2. The van der Waals surface area contributed by atoms with E-state index < -0.39 is 0 Å². The molecule has 1 aromatic heterocycles. The molecule has 4 aromatic rings. The minimum absolute atomic E-state index is 0.00422. The summed E-state index contributed by atoms with van der Waals surface area (Å²) in [6.07, 6.45) is 1.65. The second-order valence-corrected chi connectivity index (χ2v) is 12.4. The Kier molecular flexibility index (Phi) is 9.60. The molecule has 1 aliphatic heterocycles. The smallest absolute Gasteiger partial charge is 0.309 e. The van der Waals surface area contributed by atoms with Crippen LogP contribution in [0.25, 0.3) is 0 Å². The molecule has 2 fully saturated rings. The predicted molar refractivity (Wildman–Crippen MR) is 172 cm³/mol. The van der Waals surface area contributed by atoms with Crippen LogP contribution >= 0.6 is 0 Å². The molecule has 1 aliphatic carbocycles. The van der Waals surface area contributed by atoms with E-state index in [0.717, 1.165) is 37.1 Å². The summed E-state index contributed by atoms with van der Waals surface area (Å²) < 4.78 is 32.8. The lowest BCUT2D eigenvalue weighted by Gasteiger charge is -2.50. The van der Waals surface area contributed by atoms with Gasteiger partial charge in [-0.15, -0.1) is 0 Å². The quantitative estimate of drug-likeness (QED) is 0.157. The lowest BCUT2D eigenvalue weighted by atomic mass is 9.76. The van der Waals surface area contributed by atoms with Gasteiger partial charge in [0.15, 0.2) is 0 Å². The van der Waals surface area contributed by atoms with Crippen LogP contribution in [0.3, 0.4) is 0 Å². The number of hydrogen-bond acceptors (Lipinski definition) is 7. The summed E-state index contributed by atoms with van der Waals surface area (Å²) in [5.74, 6) is 0.966. The summed E-state index contributed by atoms with van der Waals surface area (Å²) in [5, 5.41) is 3.29. The van der Waals surface area contributed by atoms with Gasteiger partial charge in [-0.2, -0.15) is 4.98 Å². The Morgan fingerprint density at radius 1 is 0.911 bits per heavy atom. The van der Waals surface area contributed by atoms with Crippen molar-refractivity contribution >= 4 is 17.3 Å². The van der Waals surface area contributed by atoms with E-state index in [1.807, 2.05) is 92.7 Å². The van der Waals surface area contributed by atoms with E-state index in [-0.39, 0.29) is 23.6 Å². The van der Waals surface area contributed by atoms with Crippen molar-refractivity contribution in [3.8, 4) is 11.8 Å². The zero-order valence-corrected chi connectivity index (χ0v) is 25.8. The number of esters is 1. The van der Waals surface area contributed by atoms with Gasteiger partial charge in [-0.25, -0.2) is 4.39 Å². The van der Waals surface area contributed by atoms with Crippen LogP contribution in [0.4, 0.5) is 15.8 Å². The molecule has 3 aromatic carbocycles. The fraction of sp³-hybridized carbons (Fsp3) is 0.351. The highest BCUT2D eigenvalue weighted by Gasteiger charge is 2.43. The molecule has 1 saturated carbocycles. The average Bonchev–Trinajstić information content (AvgIpc) is 3.00. The highest BCUT2D eigenvalue weighted by atomic mass is 19.1. The van der Waals surface area contributed by atoms with Crippen LogP contribution in [0.15, 0.2) is 91.0 Å². The van der Waals surface area contributed by atoms with Crippen LogP contribution in [-0.4, -0.2) is 41.6 Å². The molecule has 1 N–H and O–H groups in total. The lowest BCUT2D eigenvalue weighted by Crippen LogP contribution is -2.56. The molecule has 0 atom stereocenters. The van der Waals surface area contributed by atoms with Gasteiger partial charge in [0.1, 0.15) is 24.7 Å². The zero-order chi connectivity index (χ0) is 31.2. The van der Waals surface area contributed by atoms with Crippen molar-refractivity contribution in [3.63, 3.8) is 0 Å². The summed E-state index contributed by atoms with van der Waals surface area (Å²) >= 11 is 0. The van der Waals surface area contributed by atoms with Crippen molar-refractivity contribution in [1.82, 2.24) is 9.88 Å². The SMILES string of the molecule is CC(C)COC(=O)C1CC(N2CC(c3ccc(Nc4ccc(OCc5ccccc5)nc4OCc4ccccc4)cc3F)C2)C1. The monoisotopic (exact) mass is 609 g/mol. The van der Waals surface area contributed by atoms with Crippen LogP contribution in [0.1, 0.15) is 49.3 Å². The van der Waals surface area contributed by atoms with Gasteiger partial charge in [-0.3, -0.25) is 9.69 Å². The maximum atomic E-state index is 15.4. The van der Waals surface area contributed by atoms with E-state index in [1.165, 1.54) is 6.07 Å². The Bertz CT molecular complexity index is 1570. The first kappa shape index (κ1) is 30.6. The van der Waals surface area contributed by atoms with Gasteiger partial charge >= 0.3 is 5.97 Å². The van der Waals surface area contributed by atoms with E-state index >= 15 is 4.39 Å². The molecule has 45 heavy (non-hydrogen) atoms. The van der Waals surface area contributed by atoms with Crippen LogP contribution in [0.2, 0.25) is 0 Å². The maximum absolute atomic E-state index is 15.4. The molecular weight excluding hydrogens is 569 g/mol. The fourth-order valence-corrected chi connectivity index (χ4v) is 5.71. The number of hydrogen-bond donors (Lipinski definition) is 1. The molecule has 6 rings (SSSR count). The van der Waals surface area contributed by atoms with Gasteiger partial charge < -0.3 is 19.5 Å². The number of nitrogens with one attached hydrogen (secondary N) is 1. The van der Waals surface area contributed by atoms with Crippen molar-refractivity contribution in [2.75, 3.05) is 25.0 Å². The number of aromatic nitrogens is 1. The Hall–Kier alpha value is -4.43. The molecule has 1 saturated heterocycles. The summed E-state index contributed by atoms with van der Waals surface area (Å²) in [6.45, 7) is 6.86. The summed E-state index contributed by atoms with van der Waals surface area (Å²) in [5.41, 5.74) is 3.99. The molecule has 8 heteroatoms. The zero-order valence-electron chi connectivity index (χ0n) is 25.8. The number of rotatable bonds is 13. The number of pyridine rings is 1. The molecule has 0 radical (unpaired) electrons. The normalized spacial score (nSPS) is 18.1. The number of ether oxygens (including phenoxy) is 3. The van der Waals surface area contributed by atoms with Crippen molar-refractivity contribution in [3.05, 3.63) is 114 Å². The topological polar surface area (TPSA) is 72.9 Å². The molecule has 0 spiro atoms. The first-order valence-corrected chi connectivity index (χ1v) is 15.7. The van der Waals surface area contributed by atoms with Crippen LogP contribution in [0, 0.1) is 17.7 Å². The number of nitrogens with zero attached hydrogens (tertiary/aromatic N) is 2. The Balaban J connectivity index is 1.07. The van der Waals surface area contributed by atoms with E-state index in [1.54, 1.807) is 6.07 Å². The van der Waals surface area contributed by atoms with E-state index in [9.17, 15) is 4.79 Å². The molecule has 0 bridgehead atoms. The first-order chi connectivity index (χ1) is 21.9. The largest absolute Gasteiger partial charge is 0.473 e. The minimum Gasteiger partial charge on any atom is -0.473 e. The van der Waals surface area contributed by atoms with Crippen molar-refractivity contribution < 1.29 is 23.4 Å². The third-order valence-corrected chi connectivity index (χ3v) is 8.43. The van der Waals surface area contributed by atoms with Crippen molar-refractivity contribution in [2.45, 2.75) is 51.9 Å². The van der Waals surface area contributed by atoms with E-state index in [4.69, 9.17) is 14.2 Å². The lowest BCUT2D eigenvalue weighted by molar-refractivity contribution is -0.156. The van der Waals surface area contributed by atoms with Crippen molar-refractivity contribution in [2.24, 2.45) is 11.8 Å². The predicted octanol–water partition coefficient (Wildman–Crippen LogP) is 7.50. The summed E-state index contributed by atoms with van der Waals surface area (Å²) in [6, 6.07) is 29.1. The molecule has 0 unspecified atom stereocenters. The number of carbonyl (C=O) groups is 1. The number of halogens is 1. The Morgan fingerprint density at radius 3 is 2.22 bits per heavy atom. The van der Waals surface area contributed by atoms with Crippen LogP contribution in [0.5, 0.6) is 11.8 Å². The van der Waals surface area contributed by atoms with Crippen LogP contribution < -0.4 is 14.8 Å². The Morgan fingerprint density at radius 2 is 1.58 bits per heavy atom. The molecule has 2 heterocycles. The molecule has 234 valence electrons. The van der Waals surface area contributed by atoms with Gasteiger partial charge in [0.05, 0.1) is 12.5 Å². The summed E-state index contributed by atoms with van der Waals surface area (Å²) in [4.78, 5) is 19.2. The van der Waals surface area contributed by atoms with Gasteiger partial charge in [-0.1, -0.05) is 80.6 Å². The maximum Gasteiger partial charge on any atom is 0.309 e. The molecule has 7 nitrogen and oxygen atoms in total. The second kappa shape index (κ2) is 14.1. The van der Waals surface area contributed by atoms with Gasteiger partial charge in [0.25, 0.3) is 0 Å². The van der Waals surface area contributed by atoms with Gasteiger partial charge in [0, 0.05) is 36.8 Å². The van der Waals surface area contributed by atoms with Gasteiger partial charge in [-0.05, 0) is 53.6 Å². The van der Waals surface area contributed by atoms with Crippen molar-refractivity contribution in [1.29, 1.82) is 0 Å². The fourth-order valence-electron chi connectivity index (χ4n) is 5.71. The number of carbonyl (C=O) groups excluding carboxylic acids is 1. The molecular formula is C37H40FN3O4. The number of likely N-dealkylation sites (tertiary alicyclic amines) is 1. The Labute approximate surface area is 264 Å². The third kappa shape index (κ3) is 7.81. The second-order valence-electron chi connectivity index (χ2n) is 12.4. The van der Waals surface area contributed by atoms with Crippen LogP contribution in [-0.2, 0) is 22.7 Å². The average molecular weight is 610 g/mol. The first-order valence-electron chi connectivity index (χ1n) is 15.7. The third-order valence-electron chi connectivity index (χ3n) is 8.43. The minimum atomic E-state index is -0.240. The highest BCUT2D eigenvalue weighted by molar-refractivity contribution is 5.73. The molecule has 0 amide bonds. The van der Waals surface area contributed by atoms with E-state index in [2.05, 4.69) is 15.2 Å². The van der Waals surface area contributed by atoms with E-state index in [0.29, 0.717) is 60.5 Å². The number of benzene rings is 3. The standard InChI is InChI=1S/C37H40FN3O4/c1-25(2)22-45-37(42)28-17-31(18-28)41-20-29(21-41)32-14-13-30(19-33(32)38)39-34-15-16-35(43-23-26-9-5-3-6-10-26)40-36(34)44-24-27-11-7-4-8-12-27/h3-16,19,25,28-29,31,39H,17-18,20-24H2,1-2H3.